The fourth-order valence-electron chi connectivity index (χ4n) is 2.49. The predicted octanol–water partition coefficient (Wildman–Crippen LogP) is 1.40. The molecule has 114 valence electrons. The van der Waals surface area contributed by atoms with Crippen LogP contribution in [0, 0.1) is 5.92 Å². The van der Waals surface area contributed by atoms with Gasteiger partial charge >= 0.3 is 0 Å². The zero-order valence-corrected chi connectivity index (χ0v) is 13.3. The molecule has 7 heteroatoms. The van der Waals surface area contributed by atoms with Crippen LogP contribution >= 0.6 is 23.2 Å². The minimum atomic E-state index is -0.261. The van der Waals surface area contributed by atoms with E-state index < -0.39 is 0 Å². The van der Waals surface area contributed by atoms with E-state index in [1.807, 2.05) is 11.9 Å². The molecule has 1 aromatic rings. The van der Waals surface area contributed by atoms with Gasteiger partial charge in [-0.1, -0.05) is 23.2 Å². The third-order valence-corrected chi connectivity index (χ3v) is 4.32. The second-order valence-electron chi connectivity index (χ2n) is 5.15. The van der Waals surface area contributed by atoms with E-state index in [0.29, 0.717) is 28.7 Å². The van der Waals surface area contributed by atoms with Gasteiger partial charge in [-0.3, -0.25) is 9.59 Å². The van der Waals surface area contributed by atoms with E-state index in [1.54, 1.807) is 19.2 Å². The number of halogens is 2. The van der Waals surface area contributed by atoms with Crippen molar-refractivity contribution in [1.29, 1.82) is 0 Å². The average Bonchev–Trinajstić information content (AvgIpc) is 2.81. The summed E-state index contributed by atoms with van der Waals surface area (Å²) in [4.78, 5) is 26.1. The predicted molar refractivity (Wildman–Crippen MR) is 82.8 cm³/mol. The van der Waals surface area contributed by atoms with Crippen LogP contribution in [0.2, 0.25) is 10.0 Å². The highest BCUT2D eigenvalue weighted by molar-refractivity contribution is 6.42. The Balaban J connectivity index is 2.10. The number of hydrogen-bond donors (Lipinski definition) is 2. The molecule has 0 unspecified atom stereocenters. The first kappa shape index (κ1) is 16.1. The summed E-state index contributed by atoms with van der Waals surface area (Å²) in [7, 11) is 3.51. The number of carbonyl (C=O) groups is 2. The Morgan fingerprint density at radius 3 is 2.57 bits per heavy atom. The number of nitrogens with one attached hydrogen (secondary N) is 2. The van der Waals surface area contributed by atoms with Gasteiger partial charge in [-0.2, -0.15) is 0 Å². The maximum atomic E-state index is 12.3. The molecular formula is C14H17Cl2N3O2. The van der Waals surface area contributed by atoms with Crippen molar-refractivity contribution in [2.24, 2.45) is 5.92 Å². The van der Waals surface area contributed by atoms with Gasteiger partial charge in [0.1, 0.15) is 0 Å². The third-order valence-electron chi connectivity index (χ3n) is 3.58. The van der Waals surface area contributed by atoms with Gasteiger partial charge in [0.05, 0.1) is 22.0 Å². The highest BCUT2D eigenvalue weighted by atomic mass is 35.5. The number of benzene rings is 1. The van der Waals surface area contributed by atoms with Crippen LogP contribution < -0.4 is 10.6 Å². The van der Waals surface area contributed by atoms with E-state index in [2.05, 4.69) is 10.6 Å². The van der Waals surface area contributed by atoms with Gasteiger partial charge in [-0.25, -0.2) is 0 Å². The lowest BCUT2D eigenvalue weighted by Gasteiger charge is -2.18. The molecule has 21 heavy (non-hydrogen) atoms. The number of likely N-dealkylation sites (N-methyl/N-ethyl adjacent to an activating group) is 1. The average molecular weight is 330 g/mol. The Bertz CT molecular complexity index is 565. The van der Waals surface area contributed by atoms with Gasteiger partial charge < -0.3 is 15.5 Å². The lowest BCUT2D eigenvalue weighted by molar-refractivity contribution is -0.124. The molecule has 1 aliphatic rings. The second kappa shape index (κ2) is 6.64. The molecule has 5 nitrogen and oxygen atoms in total. The van der Waals surface area contributed by atoms with Gasteiger partial charge in [0.2, 0.25) is 5.91 Å². The Kier molecular flexibility index (Phi) is 5.08. The summed E-state index contributed by atoms with van der Waals surface area (Å²) in [6, 6.07) is 4.48. The van der Waals surface area contributed by atoms with E-state index in [9.17, 15) is 9.59 Å². The van der Waals surface area contributed by atoms with Crippen LogP contribution in [0.3, 0.4) is 0 Å². The number of rotatable bonds is 3. The largest absolute Gasteiger partial charge is 0.359 e. The molecule has 2 amide bonds. The molecule has 1 aromatic carbocycles. The number of nitrogens with zero attached hydrogens (tertiary/aromatic N) is 1. The van der Waals surface area contributed by atoms with E-state index in [-0.39, 0.29) is 23.8 Å². The van der Waals surface area contributed by atoms with Crippen molar-refractivity contribution in [3.63, 3.8) is 0 Å². The smallest absolute Gasteiger partial charge is 0.251 e. The van der Waals surface area contributed by atoms with Crippen LogP contribution in [0.4, 0.5) is 0 Å². The van der Waals surface area contributed by atoms with Crippen molar-refractivity contribution in [2.45, 2.75) is 6.04 Å². The Morgan fingerprint density at radius 1 is 1.24 bits per heavy atom. The maximum absolute atomic E-state index is 12.3. The summed E-state index contributed by atoms with van der Waals surface area (Å²) >= 11 is 11.8. The fraction of sp³-hybridized carbons (Fsp3) is 0.429. The van der Waals surface area contributed by atoms with Gasteiger partial charge in [0.15, 0.2) is 0 Å². The fourth-order valence-corrected chi connectivity index (χ4v) is 2.79. The van der Waals surface area contributed by atoms with Gasteiger partial charge in [-0.05, 0) is 25.2 Å². The molecule has 1 heterocycles. The summed E-state index contributed by atoms with van der Waals surface area (Å²) in [6.07, 6.45) is 0. The highest BCUT2D eigenvalue weighted by Gasteiger charge is 2.36. The number of hydrogen-bond acceptors (Lipinski definition) is 3. The molecule has 0 bridgehead atoms. The summed E-state index contributed by atoms with van der Waals surface area (Å²) in [5.41, 5.74) is 0.426. The first-order valence-corrected chi connectivity index (χ1v) is 7.34. The zero-order valence-electron chi connectivity index (χ0n) is 11.8. The monoisotopic (exact) mass is 329 g/mol. The standard InChI is InChI=1S/C14H17Cl2N3O2/c1-17-14(21)9-6-19(2)7-12(9)18-13(20)8-3-4-10(15)11(16)5-8/h3-5,9,12H,6-7H2,1-2H3,(H,17,21)(H,18,20)/t9-,12-/m0/s1. The molecule has 2 N–H and O–H groups in total. The molecule has 0 saturated carbocycles. The van der Waals surface area contributed by atoms with Crippen LogP contribution in [0.15, 0.2) is 18.2 Å². The van der Waals surface area contributed by atoms with Crippen molar-refractivity contribution < 1.29 is 9.59 Å². The van der Waals surface area contributed by atoms with E-state index in [0.717, 1.165) is 0 Å². The van der Waals surface area contributed by atoms with Crippen LogP contribution in [-0.4, -0.2) is 49.9 Å². The van der Waals surface area contributed by atoms with Crippen LogP contribution in [0.5, 0.6) is 0 Å². The van der Waals surface area contributed by atoms with E-state index in [4.69, 9.17) is 23.2 Å². The second-order valence-corrected chi connectivity index (χ2v) is 5.97. The Hall–Kier alpha value is -1.30. The molecule has 2 atom stereocenters. The summed E-state index contributed by atoms with van der Waals surface area (Å²) in [5, 5.41) is 6.26. The first-order valence-electron chi connectivity index (χ1n) is 6.58. The third kappa shape index (κ3) is 3.67. The molecule has 0 aliphatic carbocycles. The molecule has 1 aliphatic heterocycles. The molecule has 2 rings (SSSR count). The van der Waals surface area contributed by atoms with E-state index >= 15 is 0 Å². The van der Waals surface area contributed by atoms with Gasteiger partial charge in [0, 0.05) is 25.7 Å². The molecule has 0 aromatic heterocycles. The van der Waals surface area contributed by atoms with Gasteiger partial charge in [-0.15, -0.1) is 0 Å². The lowest BCUT2D eigenvalue weighted by atomic mass is 10.0. The molecule has 1 fully saturated rings. The minimum Gasteiger partial charge on any atom is -0.359 e. The molecule has 0 radical (unpaired) electrons. The maximum Gasteiger partial charge on any atom is 0.251 e. The first-order chi connectivity index (χ1) is 9.92. The lowest BCUT2D eigenvalue weighted by Crippen LogP contribution is -2.45. The number of carbonyl (C=O) groups excluding carboxylic acids is 2. The van der Waals surface area contributed by atoms with Crippen molar-refractivity contribution in [3.05, 3.63) is 33.8 Å². The summed E-state index contributed by atoms with van der Waals surface area (Å²) < 4.78 is 0. The number of amides is 2. The minimum absolute atomic E-state index is 0.0706. The topological polar surface area (TPSA) is 61.4 Å². The summed E-state index contributed by atoms with van der Waals surface area (Å²) in [5.74, 6) is -0.590. The van der Waals surface area contributed by atoms with Crippen molar-refractivity contribution in [2.75, 3.05) is 27.2 Å². The van der Waals surface area contributed by atoms with Crippen LogP contribution in [0.1, 0.15) is 10.4 Å². The molecule has 1 saturated heterocycles. The van der Waals surface area contributed by atoms with E-state index in [1.165, 1.54) is 6.07 Å². The van der Waals surface area contributed by atoms with Crippen LogP contribution in [0.25, 0.3) is 0 Å². The Morgan fingerprint density at radius 2 is 1.95 bits per heavy atom. The molecule has 0 spiro atoms. The van der Waals surface area contributed by atoms with Crippen molar-refractivity contribution in [1.82, 2.24) is 15.5 Å². The van der Waals surface area contributed by atoms with Crippen LogP contribution in [-0.2, 0) is 4.79 Å². The van der Waals surface area contributed by atoms with Crippen molar-refractivity contribution >= 4 is 35.0 Å². The summed E-state index contributed by atoms with van der Waals surface area (Å²) in [6.45, 7) is 1.25. The quantitative estimate of drug-likeness (QED) is 0.881. The Labute approximate surface area is 133 Å². The number of likely N-dealkylation sites (tertiary alicyclic amines) is 1. The normalized spacial score (nSPS) is 22.1. The highest BCUT2D eigenvalue weighted by Crippen LogP contribution is 2.23. The zero-order chi connectivity index (χ0) is 15.6. The van der Waals surface area contributed by atoms with Gasteiger partial charge in [0.25, 0.3) is 5.91 Å². The van der Waals surface area contributed by atoms with Crippen molar-refractivity contribution in [3.8, 4) is 0 Å². The SMILES string of the molecule is CNC(=O)[C@H]1CN(C)C[C@@H]1NC(=O)c1ccc(Cl)c(Cl)c1. The molecular weight excluding hydrogens is 313 g/mol.